The van der Waals surface area contributed by atoms with Crippen LogP contribution in [0.3, 0.4) is 0 Å². The van der Waals surface area contributed by atoms with Gasteiger partial charge in [0.05, 0.1) is 11.8 Å². The van der Waals surface area contributed by atoms with Crippen molar-refractivity contribution in [2.75, 3.05) is 6.54 Å². The summed E-state index contributed by atoms with van der Waals surface area (Å²) in [5.41, 5.74) is 1.04. The van der Waals surface area contributed by atoms with E-state index in [2.05, 4.69) is 20.6 Å². The molecule has 3 rings (SSSR count). The van der Waals surface area contributed by atoms with Gasteiger partial charge in [-0.1, -0.05) is 5.16 Å². The highest BCUT2D eigenvalue weighted by Crippen LogP contribution is 2.16. The van der Waals surface area contributed by atoms with Gasteiger partial charge in [-0.25, -0.2) is 9.67 Å². The monoisotopic (exact) mass is 357 g/mol. The number of hydrogen-bond donors (Lipinski definition) is 2. The molecular formula is C17H19N5O4. The number of carbonyl (C=O) groups excluding carboxylic acids is 1. The molecule has 1 atom stereocenters. The van der Waals surface area contributed by atoms with Gasteiger partial charge in [0, 0.05) is 12.6 Å². The van der Waals surface area contributed by atoms with Crippen LogP contribution in [0.2, 0.25) is 0 Å². The first-order valence-electron chi connectivity index (χ1n) is 8.11. The highest BCUT2D eigenvalue weighted by atomic mass is 16.5. The standard InChI is InChI=1S/C17H19N5O4/c1-12(23)6-7-19-17(24)16-8-15(26-21-16)9-25-14-4-2-13(3-5-14)22-11-18-10-20-22/h2-5,8,10-12,23H,6-7,9H2,1H3,(H,19,24)/t12-/m0/s1. The van der Waals surface area contributed by atoms with Crippen molar-refractivity contribution in [2.45, 2.75) is 26.1 Å². The normalized spacial score (nSPS) is 11.9. The van der Waals surface area contributed by atoms with Crippen LogP contribution in [0.15, 0.2) is 47.5 Å². The molecule has 136 valence electrons. The minimum Gasteiger partial charge on any atom is -0.486 e. The molecule has 9 heteroatoms. The second-order valence-electron chi connectivity index (χ2n) is 5.69. The predicted molar refractivity (Wildman–Crippen MR) is 90.8 cm³/mol. The molecule has 0 bridgehead atoms. The van der Waals surface area contributed by atoms with E-state index in [1.54, 1.807) is 30.1 Å². The Hall–Kier alpha value is -3.20. The number of benzene rings is 1. The highest BCUT2D eigenvalue weighted by Gasteiger charge is 2.13. The minimum atomic E-state index is -0.465. The van der Waals surface area contributed by atoms with Gasteiger partial charge in [-0.15, -0.1) is 0 Å². The van der Waals surface area contributed by atoms with Gasteiger partial charge in [-0.3, -0.25) is 4.79 Å². The van der Waals surface area contributed by atoms with E-state index in [-0.39, 0.29) is 18.2 Å². The summed E-state index contributed by atoms with van der Waals surface area (Å²) < 4.78 is 12.4. The van der Waals surface area contributed by atoms with Crippen LogP contribution >= 0.6 is 0 Å². The second kappa shape index (κ2) is 8.26. The van der Waals surface area contributed by atoms with E-state index in [1.807, 2.05) is 12.1 Å². The SMILES string of the molecule is C[C@H](O)CCNC(=O)c1cc(COc2ccc(-n3cncn3)cc2)on1. The minimum absolute atomic E-state index is 0.149. The number of amides is 1. The molecule has 0 unspecified atom stereocenters. The smallest absolute Gasteiger partial charge is 0.273 e. The zero-order valence-corrected chi connectivity index (χ0v) is 14.2. The summed E-state index contributed by atoms with van der Waals surface area (Å²) in [6.45, 7) is 2.18. The molecule has 0 aliphatic heterocycles. The quantitative estimate of drug-likeness (QED) is 0.625. The zero-order chi connectivity index (χ0) is 18.4. The first-order chi connectivity index (χ1) is 12.6. The Morgan fingerprint density at radius 2 is 2.19 bits per heavy atom. The van der Waals surface area contributed by atoms with Gasteiger partial charge < -0.3 is 19.7 Å². The third-order valence-corrected chi connectivity index (χ3v) is 3.54. The van der Waals surface area contributed by atoms with E-state index in [4.69, 9.17) is 9.26 Å². The number of aliphatic hydroxyl groups is 1. The Bertz CT molecular complexity index is 827. The third kappa shape index (κ3) is 4.67. The Kier molecular flexibility index (Phi) is 5.59. The van der Waals surface area contributed by atoms with Crippen LogP contribution in [0.25, 0.3) is 5.69 Å². The molecule has 2 heterocycles. The number of nitrogens with zero attached hydrogens (tertiary/aromatic N) is 4. The lowest BCUT2D eigenvalue weighted by Gasteiger charge is -2.05. The Morgan fingerprint density at radius 1 is 1.38 bits per heavy atom. The Morgan fingerprint density at radius 3 is 2.88 bits per heavy atom. The lowest BCUT2D eigenvalue weighted by Crippen LogP contribution is -2.26. The van der Waals surface area contributed by atoms with Gasteiger partial charge in [0.15, 0.2) is 11.5 Å². The van der Waals surface area contributed by atoms with Gasteiger partial charge in [0.2, 0.25) is 0 Å². The summed E-state index contributed by atoms with van der Waals surface area (Å²) in [6.07, 6.45) is 3.09. The maximum atomic E-state index is 11.9. The first kappa shape index (κ1) is 17.6. The van der Waals surface area contributed by atoms with Crippen molar-refractivity contribution in [1.82, 2.24) is 25.2 Å². The number of aliphatic hydroxyl groups excluding tert-OH is 1. The summed E-state index contributed by atoms with van der Waals surface area (Å²) in [6, 6.07) is 8.84. The third-order valence-electron chi connectivity index (χ3n) is 3.54. The van der Waals surface area contributed by atoms with Crippen molar-refractivity contribution >= 4 is 5.91 Å². The van der Waals surface area contributed by atoms with E-state index < -0.39 is 6.10 Å². The number of rotatable bonds is 8. The Labute approximate surface area is 149 Å². The molecule has 2 aromatic heterocycles. The van der Waals surface area contributed by atoms with Crippen molar-refractivity contribution < 1.29 is 19.2 Å². The van der Waals surface area contributed by atoms with Crippen LogP contribution in [-0.2, 0) is 6.61 Å². The molecule has 9 nitrogen and oxygen atoms in total. The molecule has 2 N–H and O–H groups in total. The predicted octanol–water partition coefficient (Wildman–Crippen LogP) is 1.33. The maximum absolute atomic E-state index is 11.9. The van der Waals surface area contributed by atoms with Crippen LogP contribution in [0.1, 0.15) is 29.6 Å². The fourth-order valence-corrected chi connectivity index (χ4v) is 2.16. The lowest BCUT2D eigenvalue weighted by atomic mass is 10.3. The fraction of sp³-hybridized carbons (Fsp3) is 0.294. The molecule has 0 aliphatic rings. The van der Waals surface area contributed by atoms with Crippen molar-refractivity contribution in [2.24, 2.45) is 0 Å². The van der Waals surface area contributed by atoms with E-state index in [9.17, 15) is 9.90 Å². The largest absolute Gasteiger partial charge is 0.486 e. The maximum Gasteiger partial charge on any atom is 0.273 e. The molecule has 3 aromatic rings. The van der Waals surface area contributed by atoms with Crippen molar-refractivity contribution in [3.63, 3.8) is 0 Å². The van der Waals surface area contributed by atoms with Crippen LogP contribution in [-0.4, -0.2) is 43.6 Å². The molecule has 0 aliphatic carbocycles. The van der Waals surface area contributed by atoms with E-state index in [1.165, 1.54) is 12.4 Å². The summed E-state index contributed by atoms with van der Waals surface area (Å²) in [4.78, 5) is 15.8. The first-order valence-corrected chi connectivity index (χ1v) is 8.11. The van der Waals surface area contributed by atoms with Crippen LogP contribution in [0.5, 0.6) is 5.75 Å². The molecule has 0 fully saturated rings. The summed E-state index contributed by atoms with van der Waals surface area (Å²) in [5, 5.41) is 19.6. The van der Waals surface area contributed by atoms with Crippen molar-refractivity contribution in [3.05, 3.63) is 54.4 Å². The molecular weight excluding hydrogens is 338 g/mol. The molecule has 1 aromatic carbocycles. The average molecular weight is 357 g/mol. The molecule has 0 saturated heterocycles. The molecule has 1 amide bonds. The molecule has 26 heavy (non-hydrogen) atoms. The second-order valence-corrected chi connectivity index (χ2v) is 5.69. The molecule has 0 radical (unpaired) electrons. The summed E-state index contributed by atoms with van der Waals surface area (Å²) in [7, 11) is 0. The molecule has 0 saturated carbocycles. The number of hydrogen-bond acceptors (Lipinski definition) is 7. The van der Waals surface area contributed by atoms with Gasteiger partial charge in [0.25, 0.3) is 5.91 Å². The van der Waals surface area contributed by atoms with E-state index >= 15 is 0 Å². The number of aromatic nitrogens is 4. The number of carbonyl (C=O) groups is 1. The van der Waals surface area contributed by atoms with Gasteiger partial charge in [0.1, 0.15) is 25.0 Å². The number of nitrogens with one attached hydrogen (secondary N) is 1. The van der Waals surface area contributed by atoms with Crippen LogP contribution < -0.4 is 10.1 Å². The van der Waals surface area contributed by atoms with Crippen LogP contribution in [0, 0.1) is 0 Å². The summed E-state index contributed by atoms with van der Waals surface area (Å²) >= 11 is 0. The topological polar surface area (TPSA) is 115 Å². The van der Waals surface area contributed by atoms with Gasteiger partial charge in [-0.05, 0) is 37.6 Å². The van der Waals surface area contributed by atoms with E-state index in [0.717, 1.165) is 5.69 Å². The Balaban J connectivity index is 1.51. The lowest BCUT2D eigenvalue weighted by molar-refractivity contribution is 0.0936. The van der Waals surface area contributed by atoms with Crippen molar-refractivity contribution in [3.8, 4) is 11.4 Å². The highest BCUT2D eigenvalue weighted by molar-refractivity contribution is 5.92. The van der Waals surface area contributed by atoms with E-state index in [0.29, 0.717) is 24.5 Å². The molecule has 0 spiro atoms. The van der Waals surface area contributed by atoms with Gasteiger partial charge >= 0.3 is 0 Å². The zero-order valence-electron chi connectivity index (χ0n) is 14.2. The summed E-state index contributed by atoms with van der Waals surface area (Å²) in [5.74, 6) is 0.733. The van der Waals surface area contributed by atoms with Gasteiger partial charge in [-0.2, -0.15) is 5.10 Å². The fourth-order valence-electron chi connectivity index (χ4n) is 2.16. The van der Waals surface area contributed by atoms with Crippen LogP contribution in [0.4, 0.5) is 0 Å². The number of ether oxygens (including phenoxy) is 1. The average Bonchev–Trinajstić information content (AvgIpc) is 3.32. The van der Waals surface area contributed by atoms with Crippen molar-refractivity contribution in [1.29, 1.82) is 0 Å².